The first kappa shape index (κ1) is 11.1. The maximum atomic E-state index is 11.6. The molecule has 2 rings (SSSR count). The molecule has 0 unspecified atom stereocenters. The Morgan fingerprint density at radius 3 is 2.88 bits per heavy atom. The van der Waals surface area contributed by atoms with Gasteiger partial charge in [0.05, 0.1) is 0 Å². The summed E-state index contributed by atoms with van der Waals surface area (Å²) in [5.41, 5.74) is 1.25. The van der Waals surface area contributed by atoms with Gasteiger partial charge in [-0.05, 0) is 24.8 Å². The number of rotatable bonds is 4. The first-order chi connectivity index (χ1) is 7.86. The third kappa shape index (κ3) is 3.07. The van der Waals surface area contributed by atoms with E-state index in [0.717, 1.165) is 25.9 Å². The quantitative estimate of drug-likeness (QED) is 0.834. The van der Waals surface area contributed by atoms with E-state index >= 15 is 0 Å². The van der Waals surface area contributed by atoms with Crippen molar-refractivity contribution in [3.63, 3.8) is 0 Å². The molecular formula is C13H17NO2. The van der Waals surface area contributed by atoms with Crippen LogP contribution < -0.4 is 5.32 Å². The fraction of sp³-hybridized carbons (Fsp3) is 0.462. The van der Waals surface area contributed by atoms with Crippen LogP contribution in [-0.4, -0.2) is 25.2 Å². The summed E-state index contributed by atoms with van der Waals surface area (Å²) in [7, 11) is 0. The molecule has 0 aromatic heterocycles. The second-order valence-electron chi connectivity index (χ2n) is 4.03. The smallest absolute Gasteiger partial charge is 0.249 e. The highest BCUT2D eigenvalue weighted by atomic mass is 16.5. The maximum absolute atomic E-state index is 11.6. The summed E-state index contributed by atoms with van der Waals surface area (Å²) in [6.07, 6.45) is 2.52. The molecule has 0 spiro atoms. The van der Waals surface area contributed by atoms with Crippen LogP contribution >= 0.6 is 0 Å². The number of benzene rings is 1. The number of carbonyl (C=O) groups excluding carboxylic acids is 1. The fourth-order valence-corrected chi connectivity index (χ4v) is 1.87. The molecule has 0 radical (unpaired) electrons. The van der Waals surface area contributed by atoms with Gasteiger partial charge in [0.25, 0.3) is 0 Å². The molecule has 16 heavy (non-hydrogen) atoms. The van der Waals surface area contributed by atoms with Gasteiger partial charge in [-0.15, -0.1) is 0 Å². The van der Waals surface area contributed by atoms with Crippen molar-refractivity contribution in [3.8, 4) is 0 Å². The van der Waals surface area contributed by atoms with Gasteiger partial charge in [0.15, 0.2) is 0 Å². The first-order valence-corrected chi connectivity index (χ1v) is 5.79. The zero-order valence-corrected chi connectivity index (χ0v) is 9.32. The SMILES string of the molecule is O=C(NCCc1ccccc1)[C@H]1CCCO1. The van der Waals surface area contributed by atoms with Gasteiger partial charge in [0.2, 0.25) is 5.91 Å². The molecule has 1 amide bonds. The topological polar surface area (TPSA) is 38.3 Å². The Morgan fingerprint density at radius 2 is 2.19 bits per heavy atom. The number of hydrogen-bond donors (Lipinski definition) is 1. The second-order valence-corrected chi connectivity index (χ2v) is 4.03. The Bertz CT molecular complexity index is 331. The van der Waals surface area contributed by atoms with Crippen LogP contribution in [0, 0.1) is 0 Å². The van der Waals surface area contributed by atoms with E-state index < -0.39 is 0 Å². The predicted molar refractivity (Wildman–Crippen MR) is 62.1 cm³/mol. The van der Waals surface area contributed by atoms with Crippen molar-refractivity contribution in [1.29, 1.82) is 0 Å². The highest BCUT2D eigenvalue weighted by molar-refractivity contribution is 5.80. The lowest BCUT2D eigenvalue weighted by atomic mass is 10.1. The third-order valence-electron chi connectivity index (χ3n) is 2.78. The van der Waals surface area contributed by atoms with Gasteiger partial charge in [-0.3, -0.25) is 4.79 Å². The molecular weight excluding hydrogens is 202 g/mol. The molecule has 3 nitrogen and oxygen atoms in total. The van der Waals surface area contributed by atoms with Crippen LogP contribution in [0.3, 0.4) is 0 Å². The average molecular weight is 219 g/mol. The zero-order valence-electron chi connectivity index (χ0n) is 9.32. The molecule has 1 aliphatic heterocycles. The van der Waals surface area contributed by atoms with Crippen LogP contribution in [0.5, 0.6) is 0 Å². The zero-order chi connectivity index (χ0) is 11.2. The number of carbonyl (C=O) groups is 1. The van der Waals surface area contributed by atoms with E-state index in [4.69, 9.17) is 4.74 Å². The van der Waals surface area contributed by atoms with Crippen LogP contribution in [-0.2, 0) is 16.0 Å². The summed E-state index contributed by atoms with van der Waals surface area (Å²) >= 11 is 0. The van der Waals surface area contributed by atoms with Gasteiger partial charge in [-0.1, -0.05) is 30.3 Å². The van der Waals surface area contributed by atoms with Crippen molar-refractivity contribution >= 4 is 5.91 Å². The van der Waals surface area contributed by atoms with Gasteiger partial charge in [-0.25, -0.2) is 0 Å². The third-order valence-corrected chi connectivity index (χ3v) is 2.78. The average Bonchev–Trinajstić information content (AvgIpc) is 2.84. The molecule has 1 atom stereocenters. The predicted octanol–water partition coefficient (Wildman–Crippen LogP) is 1.52. The van der Waals surface area contributed by atoms with Gasteiger partial charge in [-0.2, -0.15) is 0 Å². The molecule has 1 saturated heterocycles. The monoisotopic (exact) mass is 219 g/mol. The van der Waals surface area contributed by atoms with E-state index in [1.165, 1.54) is 5.56 Å². The molecule has 3 heteroatoms. The van der Waals surface area contributed by atoms with E-state index in [0.29, 0.717) is 6.54 Å². The van der Waals surface area contributed by atoms with Crippen LogP contribution in [0.25, 0.3) is 0 Å². The summed E-state index contributed by atoms with van der Waals surface area (Å²) < 4.78 is 5.31. The highest BCUT2D eigenvalue weighted by Crippen LogP contribution is 2.11. The molecule has 0 bridgehead atoms. The van der Waals surface area contributed by atoms with Crippen LogP contribution in [0.15, 0.2) is 30.3 Å². The summed E-state index contributed by atoms with van der Waals surface area (Å²) in [5.74, 6) is 0.0356. The van der Waals surface area contributed by atoms with Crippen molar-refractivity contribution < 1.29 is 9.53 Å². The lowest BCUT2D eigenvalue weighted by Crippen LogP contribution is -2.35. The lowest BCUT2D eigenvalue weighted by molar-refractivity contribution is -0.129. The van der Waals surface area contributed by atoms with Crippen molar-refractivity contribution in [2.24, 2.45) is 0 Å². The van der Waals surface area contributed by atoms with Gasteiger partial charge in [0.1, 0.15) is 6.10 Å². The van der Waals surface area contributed by atoms with Gasteiger partial charge < -0.3 is 10.1 Å². The van der Waals surface area contributed by atoms with Crippen molar-refractivity contribution in [3.05, 3.63) is 35.9 Å². The standard InChI is InChI=1S/C13H17NO2/c15-13(12-7-4-10-16-12)14-9-8-11-5-2-1-3-6-11/h1-3,5-6,12H,4,7-10H2,(H,14,15)/t12-/m1/s1. The maximum Gasteiger partial charge on any atom is 0.249 e. The normalized spacial score (nSPS) is 19.6. The Morgan fingerprint density at radius 1 is 1.38 bits per heavy atom. The molecule has 1 heterocycles. The molecule has 1 aromatic carbocycles. The van der Waals surface area contributed by atoms with Crippen LogP contribution in [0.1, 0.15) is 18.4 Å². The second kappa shape index (κ2) is 5.66. The van der Waals surface area contributed by atoms with E-state index in [2.05, 4.69) is 17.4 Å². The van der Waals surface area contributed by atoms with Crippen molar-refractivity contribution in [1.82, 2.24) is 5.32 Å². The fourth-order valence-electron chi connectivity index (χ4n) is 1.87. The lowest BCUT2D eigenvalue weighted by Gasteiger charge is -2.10. The summed E-state index contributed by atoms with van der Waals surface area (Å²) in [4.78, 5) is 11.6. The number of amides is 1. The van der Waals surface area contributed by atoms with E-state index in [1.807, 2.05) is 18.2 Å². The molecule has 0 aliphatic carbocycles. The van der Waals surface area contributed by atoms with E-state index in [1.54, 1.807) is 0 Å². The molecule has 1 aromatic rings. The van der Waals surface area contributed by atoms with Crippen molar-refractivity contribution in [2.45, 2.75) is 25.4 Å². The molecule has 1 aliphatic rings. The molecule has 86 valence electrons. The van der Waals surface area contributed by atoms with E-state index in [-0.39, 0.29) is 12.0 Å². The molecule has 1 N–H and O–H groups in total. The van der Waals surface area contributed by atoms with Gasteiger partial charge in [0, 0.05) is 13.2 Å². The molecule has 0 saturated carbocycles. The van der Waals surface area contributed by atoms with Crippen molar-refractivity contribution in [2.75, 3.05) is 13.2 Å². The Kier molecular flexibility index (Phi) is 3.94. The number of hydrogen-bond acceptors (Lipinski definition) is 2. The summed E-state index contributed by atoms with van der Waals surface area (Å²) in [6.45, 7) is 1.40. The van der Waals surface area contributed by atoms with Crippen LogP contribution in [0.2, 0.25) is 0 Å². The minimum atomic E-state index is -0.212. The highest BCUT2D eigenvalue weighted by Gasteiger charge is 2.22. The first-order valence-electron chi connectivity index (χ1n) is 5.79. The Labute approximate surface area is 95.8 Å². The number of ether oxygens (including phenoxy) is 1. The largest absolute Gasteiger partial charge is 0.368 e. The minimum Gasteiger partial charge on any atom is -0.368 e. The summed E-state index contributed by atoms with van der Waals surface area (Å²) in [6, 6.07) is 10.2. The molecule has 1 fully saturated rings. The Balaban J connectivity index is 1.70. The van der Waals surface area contributed by atoms with Crippen LogP contribution in [0.4, 0.5) is 0 Å². The minimum absolute atomic E-state index is 0.0356. The number of nitrogens with one attached hydrogen (secondary N) is 1. The van der Waals surface area contributed by atoms with Gasteiger partial charge >= 0.3 is 0 Å². The van der Waals surface area contributed by atoms with E-state index in [9.17, 15) is 4.79 Å². The Hall–Kier alpha value is -1.35. The summed E-state index contributed by atoms with van der Waals surface area (Å²) in [5, 5.41) is 2.91.